The monoisotopic (exact) mass is 493 g/mol. The third kappa shape index (κ3) is 5.82. The molecule has 0 aliphatic carbocycles. The zero-order chi connectivity index (χ0) is 25.9. The highest BCUT2D eigenvalue weighted by Crippen LogP contribution is 2.36. The first-order valence-electron chi connectivity index (χ1n) is 12.3. The minimum Gasteiger partial charge on any atom is -0.481 e. The number of aliphatic carboxylic acids is 1. The summed E-state index contributed by atoms with van der Waals surface area (Å²) in [6.07, 6.45) is 0.856. The molecule has 3 aromatic rings. The highest BCUT2D eigenvalue weighted by molar-refractivity contribution is 5.74. The third-order valence-electron chi connectivity index (χ3n) is 6.40. The second-order valence-corrected chi connectivity index (χ2v) is 10.2. The molecule has 0 fully saturated rings. The van der Waals surface area contributed by atoms with Gasteiger partial charge >= 0.3 is 5.97 Å². The van der Waals surface area contributed by atoms with Gasteiger partial charge in [0.25, 0.3) is 0 Å². The summed E-state index contributed by atoms with van der Waals surface area (Å²) in [6.45, 7) is 11.4. The normalized spacial score (nSPS) is 13.6. The van der Waals surface area contributed by atoms with Crippen molar-refractivity contribution in [2.75, 3.05) is 26.5 Å². The van der Waals surface area contributed by atoms with E-state index in [2.05, 4.69) is 60.6 Å². The number of nitrogens with one attached hydrogen (secondary N) is 2. The molecule has 0 spiro atoms. The minimum absolute atomic E-state index is 0.0245. The Labute approximate surface area is 212 Å². The van der Waals surface area contributed by atoms with Crippen LogP contribution < -0.4 is 19.5 Å². The average Bonchev–Trinajstić information content (AvgIpc) is 3.46. The number of carboxylic acids is 1. The lowest BCUT2D eigenvalue weighted by atomic mass is 9.94. The molecule has 0 unspecified atom stereocenters. The molecule has 0 saturated heterocycles. The number of hydrogen-bond donors (Lipinski definition) is 3. The van der Waals surface area contributed by atoms with Crippen molar-refractivity contribution in [3.63, 3.8) is 0 Å². The number of nitrogens with zero attached hydrogens (tertiary/aromatic N) is 1. The van der Waals surface area contributed by atoms with Crippen LogP contribution in [0, 0.1) is 19.3 Å². The molecule has 0 saturated carbocycles. The Bertz CT molecular complexity index is 1210. The van der Waals surface area contributed by atoms with E-state index >= 15 is 0 Å². The van der Waals surface area contributed by atoms with Gasteiger partial charge in [-0.1, -0.05) is 30.2 Å². The molecular formula is C28H35N3O5. The number of benzene rings is 2. The Morgan fingerprint density at radius 1 is 1.17 bits per heavy atom. The molecule has 2 aromatic carbocycles. The van der Waals surface area contributed by atoms with Gasteiger partial charge in [-0.15, -0.1) is 5.10 Å². The van der Waals surface area contributed by atoms with E-state index in [1.54, 1.807) is 13.8 Å². The fourth-order valence-corrected chi connectivity index (χ4v) is 4.30. The van der Waals surface area contributed by atoms with E-state index in [0.29, 0.717) is 12.4 Å². The van der Waals surface area contributed by atoms with Gasteiger partial charge in [-0.05, 0) is 70.5 Å². The Kier molecular flexibility index (Phi) is 7.54. The summed E-state index contributed by atoms with van der Waals surface area (Å²) in [5.74, 6) is 1.19. The Morgan fingerprint density at radius 3 is 2.61 bits per heavy atom. The first-order chi connectivity index (χ1) is 17.1. The number of aromatic amines is 1. The number of rotatable bonds is 11. The van der Waals surface area contributed by atoms with E-state index in [9.17, 15) is 9.90 Å². The molecule has 4 rings (SSSR count). The maximum atomic E-state index is 11.6. The molecule has 36 heavy (non-hydrogen) atoms. The highest BCUT2D eigenvalue weighted by atomic mass is 16.7. The molecule has 3 N–H and O–H groups in total. The van der Waals surface area contributed by atoms with Crippen LogP contribution in [-0.2, 0) is 11.2 Å². The number of hydrogen-bond acceptors (Lipinski definition) is 6. The van der Waals surface area contributed by atoms with Crippen LogP contribution in [0.2, 0.25) is 0 Å². The summed E-state index contributed by atoms with van der Waals surface area (Å²) >= 11 is 0. The van der Waals surface area contributed by atoms with Crippen LogP contribution >= 0.6 is 0 Å². The van der Waals surface area contributed by atoms with Crippen LogP contribution in [0.4, 0.5) is 0 Å². The predicted molar refractivity (Wildman–Crippen MR) is 138 cm³/mol. The molecule has 1 atom stereocenters. The number of aromatic nitrogens is 2. The van der Waals surface area contributed by atoms with Gasteiger partial charge < -0.3 is 24.6 Å². The van der Waals surface area contributed by atoms with Crippen molar-refractivity contribution >= 4 is 5.97 Å². The van der Waals surface area contributed by atoms with Crippen molar-refractivity contribution in [1.82, 2.24) is 15.5 Å². The summed E-state index contributed by atoms with van der Waals surface area (Å²) in [6, 6.07) is 12.4. The van der Waals surface area contributed by atoms with Crippen molar-refractivity contribution in [1.29, 1.82) is 0 Å². The minimum atomic E-state index is -1.03. The summed E-state index contributed by atoms with van der Waals surface area (Å²) in [4.78, 5) is 11.6. The van der Waals surface area contributed by atoms with Crippen molar-refractivity contribution in [2.45, 2.75) is 47.0 Å². The van der Waals surface area contributed by atoms with Crippen molar-refractivity contribution < 1.29 is 24.1 Å². The molecule has 1 aromatic heterocycles. The molecule has 8 nitrogen and oxygen atoms in total. The molecule has 0 radical (unpaired) electrons. The van der Waals surface area contributed by atoms with E-state index < -0.39 is 11.4 Å². The lowest BCUT2D eigenvalue weighted by molar-refractivity contribution is -0.148. The number of H-pyrrole nitrogens is 1. The fourth-order valence-electron chi connectivity index (χ4n) is 4.30. The van der Waals surface area contributed by atoms with Crippen LogP contribution in [-0.4, -0.2) is 47.8 Å². The van der Waals surface area contributed by atoms with E-state index in [1.807, 2.05) is 12.1 Å². The third-order valence-corrected chi connectivity index (χ3v) is 6.40. The van der Waals surface area contributed by atoms with Crippen molar-refractivity contribution in [3.8, 4) is 28.6 Å². The summed E-state index contributed by atoms with van der Waals surface area (Å²) < 4.78 is 16.9. The number of aryl methyl sites for hydroxylation is 2. The Hall–Kier alpha value is -3.52. The standard InChI is InChI=1S/C28H35N3O5/c1-17-10-18(2)12-21(11-17)25-24(26(31-30-25)34-15-28(4,5)27(32)33)19(3)14-29-9-8-20-6-7-22-23(13-20)36-16-35-22/h6-7,10-13,19,29H,8-9,14-16H2,1-5H3,(H,30,31)(H,32,33)/t19-/m1/s1. The predicted octanol–water partition coefficient (Wildman–Crippen LogP) is 4.85. The molecule has 0 bridgehead atoms. The van der Waals surface area contributed by atoms with Crippen LogP contribution in [0.5, 0.6) is 17.4 Å². The smallest absolute Gasteiger partial charge is 0.312 e. The lowest BCUT2D eigenvalue weighted by Crippen LogP contribution is -2.31. The maximum Gasteiger partial charge on any atom is 0.312 e. The van der Waals surface area contributed by atoms with Crippen LogP contribution in [0.3, 0.4) is 0 Å². The maximum absolute atomic E-state index is 11.6. The van der Waals surface area contributed by atoms with Crippen LogP contribution in [0.1, 0.15) is 48.9 Å². The van der Waals surface area contributed by atoms with Crippen LogP contribution in [0.25, 0.3) is 11.3 Å². The quantitative estimate of drug-likeness (QED) is 0.328. The molecule has 1 aliphatic heterocycles. The molecule has 2 heterocycles. The van der Waals surface area contributed by atoms with E-state index in [-0.39, 0.29) is 19.3 Å². The molecule has 192 valence electrons. The average molecular weight is 494 g/mol. The second-order valence-electron chi connectivity index (χ2n) is 10.2. The van der Waals surface area contributed by atoms with E-state index in [0.717, 1.165) is 52.4 Å². The number of ether oxygens (including phenoxy) is 3. The van der Waals surface area contributed by atoms with Crippen molar-refractivity contribution in [2.24, 2.45) is 5.41 Å². The summed E-state index contributed by atoms with van der Waals surface area (Å²) in [5, 5.41) is 20.6. The van der Waals surface area contributed by atoms with Crippen molar-refractivity contribution in [3.05, 3.63) is 58.7 Å². The second kappa shape index (κ2) is 10.6. The molecule has 8 heteroatoms. The van der Waals surface area contributed by atoms with Gasteiger partial charge in [-0.3, -0.25) is 9.89 Å². The summed E-state index contributed by atoms with van der Waals surface area (Å²) in [7, 11) is 0. The molecular weight excluding hydrogens is 458 g/mol. The fraction of sp³-hybridized carbons (Fsp3) is 0.429. The van der Waals surface area contributed by atoms with Gasteiger partial charge in [-0.2, -0.15) is 0 Å². The Balaban J connectivity index is 1.48. The first-order valence-corrected chi connectivity index (χ1v) is 12.3. The van der Waals surface area contributed by atoms with Gasteiger partial charge in [0.15, 0.2) is 11.5 Å². The van der Waals surface area contributed by atoms with Crippen LogP contribution in [0.15, 0.2) is 36.4 Å². The number of carbonyl (C=O) groups is 1. The largest absolute Gasteiger partial charge is 0.481 e. The zero-order valence-corrected chi connectivity index (χ0v) is 21.6. The molecule has 0 amide bonds. The lowest BCUT2D eigenvalue weighted by Gasteiger charge is -2.20. The Morgan fingerprint density at radius 2 is 1.89 bits per heavy atom. The van der Waals surface area contributed by atoms with Gasteiger partial charge in [0.05, 0.1) is 11.1 Å². The SMILES string of the molecule is Cc1cc(C)cc(-c2[nH]nc(OCC(C)(C)C(=O)O)c2[C@H](C)CNCCc2ccc3c(c2)OCO3)c1. The summed E-state index contributed by atoms with van der Waals surface area (Å²) in [5.41, 5.74) is 5.35. The van der Waals surface area contributed by atoms with E-state index in [1.165, 1.54) is 5.56 Å². The zero-order valence-electron chi connectivity index (χ0n) is 21.6. The van der Waals surface area contributed by atoms with Gasteiger partial charge in [0, 0.05) is 23.6 Å². The number of fused-ring (bicyclic) bond motifs is 1. The van der Waals surface area contributed by atoms with E-state index in [4.69, 9.17) is 14.2 Å². The number of carboxylic acid groups (broad SMARTS) is 1. The first kappa shape index (κ1) is 25.6. The van der Waals surface area contributed by atoms with Gasteiger partial charge in [0.1, 0.15) is 6.61 Å². The van der Waals surface area contributed by atoms with Gasteiger partial charge in [-0.25, -0.2) is 0 Å². The topological polar surface area (TPSA) is 106 Å². The van der Waals surface area contributed by atoms with Gasteiger partial charge in [0.2, 0.25) is 12.7 Å². The highest BCUT2D eigenvalue weighted by Gasteiger charge is 2.30. The molecule has 1 aliphatic rings.